The maximum atomic E-state index is 5.66. The zero-order chi connectivity index (χ0) is 15.1. The summed E-state index contributed by atoms with van der Waals surface area (Å²) in [5.41, 5.74) is 0.972. The number of anilines is 1. The summed E-state index contributed by atoms with van der Waals surface area (Å²) in [6.45, 7) is 5.33. The Morgan fingerprint density at radius 3 is 2.43 bits per heavy atom. The number of methoxy groups -OCH3 is 1. The van der Waals surface area contributed by atoms with Crippen LogP contribution in [0.2, 0.25) is 0 Å². The molecule has 0 unspecified atom stereocenters. The van der Waals surface area contributed by atoms with E-state index in [0.717, 1.165) is 41.8 Å². The number of aromatic nitrogens is 2. The summed E-state index contributed by atoms with van der Waals surface area (Å²) in [6, 6.07) is 9.53. The minimum absolute atomic E-state index is 0.655. The Morgan fingerprint density at radius 1 is 1.05 bits per heavy atom. The number of nitrogens with zero attached hydrogens (tertiary/aromatic N) is 2. The molecule has 21 heavy (non-hydrogen) atoms. The Morgan fingerprint density at radius 2 is 1.76 bits per heavy atom. The van der Waals surface area contributed by atoms with Gasteiger partial charge in [-0.25, -0.2) is 9.97 Å². The summed E-state index contributed by atoms with van der Waals surface area (Å²) in [7, 11) is 1.65. The molecule has 5 heteroatoms. The van der Waals surface area contributed by atoms with Crippen LogP contribution < -0.4 is 14.8 Å². The topological polar surface area (TPSA) is 56.3 Å². The van der Waals surface area contributed by atoms with Gasteiger partial charge >= 0.3 is 0 Å². The number of hydrogen-bond acceptors (Lipinski definition) is 5. The zero-order valence-corrected chi connectivity index (χ0v) is 12.7. The normalized spacial score (nSPS) is 10.2. The molecule has 0 aliphatic carbocycles. The molecule has 0 saturated carbocycles. The van der Waals surface area contributed by atoms with Gasteiger partial charge in [0.2, 0.25) is 0 Å². The van der Waals surface area contributed by atoms with Gasteiger partial charge in [-0.2, -0.15) is 0 Å². The average Bonchev–Trinajstić information content (AvgIpc) is 2.46. The first kappa shape index (κ1) is 15.1. The molecular weight excluding hydrogens is 266 g/mol. The van der Waals surface area contributed by atoms with Crippen LogP contribution in [0.3, 0.4) is 0 Å². The van der Waals surface area contributed by atoms with Crippen LogP contribution >= 0.6 is 0 Å². The Bertz CT molecular complexity index is 550. The van der Waals surface area contributed by atoms with Crippen LogP contribution in [0.25, 0.3) is 0 Å². The quantitative estimate of drug-likeness (QED) is 0.793. The molecule has 2 rings (SSSR count). The van der Waals surface area contributed by atoms with Gasteiger partial charge in [0.25, 0.3) is 0 Å². The van der Waals surface area contributed by atoms with Crippen molar-refractivity contribution in [1.82, 2.24) is 9.97 Å². The van der Waals surface area contributed by atoms with Crippen LogP contribution in [0, 0.1) is 13.8 Å². The van der Waals surface area contributed by atoms with Gasteiger partial charge in [0.1, 0.15) is 23.1 Å². The predicted octanol–water partition coefficient (Wildman–Crippen LogP) is 2.98. The highest BCUT2D eigenvalue weighted by molar-refractivity contribution is 5.35. The number of rotatable bonds is 7. The molecule has 1 heterocycles. The molecule has 0 atom stereocenters. The standard InChI is InChI=1S/C16H21N3O2/c1-12-11-16(19-13(2)18-12)17-9-4-10-21-15-7-5-14(20-3)6-8-15/h5-8,11H,4,9-10H2,1-3H3,(H,17,18,19). The molecule has 2 aromatic rings. The molecule has 1 aromatic heterocycles. The van der Waals surface area contributed by atoms with E-state index in [1.807, 2.05) is 44.2 Å². The van der Waals surface area contributed by atoms with Gasteiger partial charge in [-0.05, 0) is 44.5 Å². The molecule has 1 aromatic carbocycles. The van der Waals surface area contributed by atoms with Crippen molar-refractivity contribution < 1.29 is 9.47 Å². The average molecular weight is 287 g/mol. The van der Waals surface area contributed by atoms with Crippen LogP contribution in [0.4, 0.5) is 5.82 Å². The van der Waals surface area contributed by atoms with Crippen molar-refractivity contribution in [3.63, 3.8) is 0 Å². The van der Waals surface area contributed by atoms with E-state index in [9.17, 15) is 0 Å². The fraction of sp³-hybridized carbons (Fsp3) is 0.375. The third-order valence-electron chi connectivity index (χ3n) is 2.92. The SMILES string of the molecule is COc1ccc(OCCCNc2cc(C)nc(C)n2)cc1. The summed E-state index contributed by atoms with van der Waals surface area (Å²) < 4.78 is 10.8. The van der Waals surface area contributed by atoms with Crippen LogP contribution in [0.1, 0.15) is 17.9 Å². The van der Waals surface area contributed by atoms with Crippen molar-refractivity contribution in [1.29, 1.82) is 0 Å². The van der Waals surface area contributed by atoms with E-state index in [2.05, 4.69) is 15.3 Å². The third-order valence-corrected chi connectivity index (χ3v) is 2.92. The van der Waals surface area contributed by atoms with Gasteiger partial charge in [0.05, 0.1) is 13.7 Å². The van der Waals surface area contributed by atoms with E-state index in [-0.39, 0.29) is 0 Å². The molecule has 0 aliphatic heterocycles. The molecule has 0 radical (unpaired) electrons. The van der Waals surface area contributed by atoms with Gasteiger partial charge in [-0.15, -0.1) is 0 Å². The number of hydrogen-bond donors (Lipinski definition) is 1. The van der Waals surface area contributed by atoms with Gasteiger partial charge in [-0.1, -0.05) is 0 Å². The third kappa shape index (κ3) is 4.95. The van der Waals surface area contributed by atoms with Crippen LogP contribution in [0.15, 0.2) is 30.3 Å². The van der Waals surface area contributed by atoms with Gasteiger partial charge in [0.15, 0.2) is 0 Å². The molecule has 1 N–H and O–H groups in total. The lowest BCUT2D eigenvalue weighted by molar-refractivity contribution is 0.314. The van der Waals surface area contributed by atoms with Crippen molar-refractivity contribution in [3.8, 4) is 11.5 Å². The maximum absolute atomic E-state index is 5.66. The molecule has 112 valence electrons. The highest BCUT2D eigenvalue weighted by atomic mass is 16.5. The molecule has 0 spiro atoms. The number of ether oxygens (including phenoxy) is 2. The smallest absolute Gasteiger partial charge is 0.129 e. The Balaban J connectivity index is 1.69. The Kier molecular flexibility index (Phi) is 5.37. The number of aryl methyl sites for hydroxylation is 2. The summed E-state index contributed by atoms with van der Waals surface area (Å²) in [5.74, 6) is 3.33. The number of nitrogens with one attached hydrogen (secondary N) is 1. The van der Waals surface area contributed by atoms with Gasteiger partial charge < -0.3 is 14.8 Å². The molecule has 0 saturated heterocycles. The van der Waals surface area contributed by atoms with E-state index in [4.69, 9.17) is 9.47 Å². The second-order valence-electron chi connectivity index (χ2n) is 4.75. The van der Waals surface area contributed by atoms with Crippen molar-refractivity contribution in [2.24, 2.45) is 0 Å². The van der Waals surface area contributed by atoms with E-state index < -0.39 is 0 Å². The predicted molar refractivity (Wildman–Crippen MR) is 83.1 cm³/mol. The second kappa shape index (κ2) is 7.47. The highest BCUT2D eigenvalue weighted by Gasteiger charge is 1.99. The van der Waals surface area contributed by atoms with Gasteiger partial charge in [0, 0.05) is 18.3 Å². The van der Waals surface area contributed by atoms with E-state index >= 15 is 0 Å². The first-order chi connectivity index (χ1) is 10.2. The fourth-order valence-electron chi connectivity index (χ4n) is 1.96. The van der Waals surface area contributed by atoms with E-state index in [1.54, 1.807) is 7.11 Å². The summed E-state index contributed by atoms with van der Waals surface area (Å²) in [5, 5.41) is 3.28. The molecule has 0 aliphatic rings. The first-order valence-corrected chi connectivity index (χ1v) is 7.00. The lowest BCUT2D eigenvalue weighted by Gasteiger charge is -2.09. The van der Waals surface area contributed by atoms with Crippen LogP contribution in [0.5, 0.6) is 11.5 Å². The van der Waals surface area contributed by atoms with Crippen molar-refractivity contribution in [2.75, 3.05) is 25.6 Å². The molecule has 0 fully saturated rings. The first-order valence-electron chi connectivity index (χ1n) is 7.00. The highest BCUT2D eigenvalue weighted by Crippen LogP contribution is 2.17. The summed E-state index contributed by atoms with van der Waals surface area (Å²) in [6.07, 6.45) is 0.897. The molecule has 0 amide bonds. The Hall–Kier alpha value is -2.30. The molecular formula is C16H21N3O2. The van der Waals surface area contributed by atoms with Gasteiger partial charge in [-0.3, -0.25) is 0 Å². The fourth-order valence-corrected chi connectivity index (χ4v) is 1.96. The lowest BCUT2D eigenvalue weighted by Crippen LogP contribution is -2.09. The second-order valence-corrected chi connectivity index (χ2v) is 4.75. The molecule has 0 bridgehead atoms. The van der Waals surface area contributed by atoms with Crippen LogP contribution in [-0.2, 0) is 0 Å². The lowest BCUT2D eigenvalue weighted by atomic mass is 10.3. The zero-order valence-electron chi connectivity index (χ0n) is 12.7. The van der Waals surface area contributed by atoms with Crippen molar-refractivity contribution in [2.45, 2.75) is 20.3 Å². The minimum atomic E-state index is 0.655. The maximum Gasteiger partial charge on any atom is 0.129 e. The van der Waals surface area contributed by atoms with Crippen molar-refractivity contribution >= 4 is 5.82 Å². The van der Waals surface area contributed by atoms with E-state index in [0.29, 0.717) is 6.61 Å². The minimum Gasteiger partial charge on any atom is -0.497 e. The van der Waals surface area contributed by atoms with Crippen LogP contribution in [-0.4, -0.2) is 30.2 Å². The number of benzene rings is 1. The molecule has 5 nitrogen and oxygen atoms in total. The van der Waals surface area contributed by atoms with E-state index in [1.165, 1.54) is 0 Å². The van der Waals surface area contributed by atoms with Crippen molar-refractivity contribution in [3.05, 3.63) is 41.9 Å². The summed E-state index contributed by atoms with van der Waals surface area (Å²) in [4.78, 5) is 8.58. The largest absolute Gasteiger partial charge is 0.497 e. The Labute approximate surface area is 125 Å². The monoisotopic (exact) mass is 287 g/mol. The summed E-state index contributed by atoms with van der Waals surface area (Å²) >= 11 is 0.